The van der Waals surface area contributed by atoms with Crippen LogP contribution in [-0.2, 0) is 6.42 Å². The number of nitrogens with one attached hydrogen (secondary N) is 1. The van der Waals surface area contributed by atoms with Crippen molar-refractivity contribution in [3.8, 4) is 11.5 Å². The van der Waals surface area contributed by atoms with E-state index in [1.165, 1.54) is 16.7 Å². The fourth-order valence-corrected chi connectivity index (χ4v) is 3.39. The number of benzene rings is 2. The molecule has 1 aliphatic rings. The predicted molar refractivity (Wildman–Crippen MR) is 89.0 cm³/mol. The summed E-state index contributed by atoms with van der Waals surface area (Å²) in [5.74, 6) is 1.93. The summed E-state index contributed by atoms with van der Waals surface area (Å²) in [6, 6.07) is 15.3. The lowest BCUT2D eigenvalue weighted by Gasteiger charge is -2.25. The Balaban J connectivity index is 2.15. The van der Waals surface area contributed by atoms with Gasteiger partial charge in [-0.2, -0.15) is 0 Å². The minimum atomic E-state index is 0.318. The fraction of sp³-hybridized carbons (Fsp3) is 0.368. The third-order valence-electron chi connectivity index (χ3n) is 4.50. The van der Waals surface area contributed by atoms with Crippen molar-refractivity contribution in [3.63, 3.8) is 0 Å². The molecule has 1 N–H and O–H groups in total. The van der Waals surface area contributed by atoms with Crippen LogP contribution in [0.5, 0.6) is 11.5 Å². The molecule has 0 spiro atoms. The summed E-state index contributed by atoms with van der Waals surface area (Å²) in [5, 5.41) is 3.63. The van der Waals surface area contributed by atoms with E-state index >= 15 is 0 Å². The summed E-state index contributed by atoms with van der Waals surface area (Å²) in [5.41, 5.74) is 4.00. The third-order valence-corrected chi connectivity index (χ3v) is 4.50. The lowest BCUT2D eigenvalue weighted by molar-refractivity contribution is 0.354. The van der Waals surface area contributed by atoms with Gasteiger partial charge in [0.1, 0.15) is 0 Å². The van der Waals surface area contributed by atoms with Gasteiger partial charge in [-0.3, -0.25) is 0 Å². The monoisotopic (exact) mass is 297 g/mol. The van der Waals surface area contributed by atoms with Crippen molar-refractivity contribution < 1.29 is 9.47 Å². The largest absolute Gasteiger partial charge is 0.493 e. The minimum absolute atomic E-state index is 0.318. The van der Waals surface area contributed by atoms with Crippen molar-refractivity contribution in [1.82, 2.24) is 5.32 Å². The van der Waals surface area contributed by atoms with Crippen molar-refractivity contribution in [2.24, 2.45) is 0 Å². The van der Waals surface area contributed by atoms with E-state index < -0.39 is 0 Å². The highest BCUT2D eigenvalue weighted by atomic mass is 16.5. The molecule has 0 saturated heterocycles. The van der Waals surface area contributed by atoms with Gasteiger partial charge in [-0.15, -0.1) is 0 Å². The SMILES string of the molecule is COc1cc2c(cc1OC)C(c1ccccc1)C(C)NCC2. The normalized spacial score (nSPS) is 20.9. The third kappa shape index (κ3) is 2.69. The van der Waals surface area contributed by atoms with Gasteiger partial charge < -0.3 is 14.8 Å². The maximum absolute atomic E-state index is 5.52. The lowest BCUT2D eigenvalue weighted by atomic mass is 9.83. The molecule has 3 heteroatoms. The number of hydrogen-bond acceptors (Lipinski definition) is 3. The van der Waals surface area contributed by atoms with Gasteiger partial charge in [0.15, 0.2) is 11.5 Å². The highest BCUT2D eigenvalue weighted by Gasteiger charge is 2.27. The molecule has 0 aromatic heterocycles. The standard InChI is InChI=1S/C19H23NO2/c1-13-19(14-7-5-4-6-8-14)16-12-18(22-3)17(21-2)11-15(16)9-10-20-13/h4-8,11-13,19-20H,9-10H2,1-3H3. The van der Waals surface area contributed by atoms with Gasteiger partial charge in [0, 0.05) is 12.0 Å². The van der Waals surface area contributed by atoms with Gasteiger partial charge in [0.25, 0.3) is 0 Å². The molecular weight excluding hydrogens is 274 g/mol. The van der Waals surface area contributed by atoms with E-state index in [1.807, 2.05) is 0 Å². The predicted octanol–water partition coefficient (Wildman–Crippen LogP) is 3.37. The Morgan fingerprint density at radius 2 is 1.68 bits per heavy atom. The molecule has 0 amide bonds. The van der Waals surface area contributed by atoms with Crippen LogP contribution < -0.4 is 14.8 Å². The molecule has 2 atom stereocenters. The van der Waals surface area contributed by atoms with Crippen LogP contribution in [0.1, 0.15) is 29.5 Å². The quantitative estimate of drug-likeness (QED) is 0.942. The Hall–Kier alpha value is -2.00. The summed E-state index contributed by atoms with van der Waals surface area (Å²) in [7, 11) is 3.39. The van der Waals surface area contributed by atoms with Crippen LogP contribution in [0.4, 0.5) is 0 Å². The molecular formula is C19H23NO2. The first-order valence-electron chi connectivity index (χ1n) is 7.77. The van der Waals surface area contributed by atoms with Gasteiger partial charge in [-0.1, -0.05) is 30.3 Å². The molecule has 3 rings (SSSR count). The maximum atomic E-state index is 5.52. The van der Waals surface area contributed by atoms with Crippen LogP contribution in [0.15, 0.2) is 42.5 Å². The molecule has 0 fully saturated rings. The second-order valence-corrected chi connectivity index (χ2v) is 5.79. The first kappa shape index (κ1) is 14.9. The van der Waals surface area contributed by atoms with E-state index in [9.17, 15) is 0 Å². The van der Waals surface area contributed by atoms with Crippen molar-refractivity contribution in [2.45, 2.75) is 25.3 Å². The lowest BCUT2D eigenvalue weighted by Crippen LogP contribution is -2.31. The Labute approximate surface area is 132 Å². The second-order valence-electron chi connectivity index (χ2n) is 5.79. The summed E-state index contributed by atoms with van der Waals surface area (Å²) >= 11 is 0. The Bertz CT molecular complexity index is 639. The van der Waals surface area contributed by atoms with Gasteiger partial charge >= 0.3 is 0 Å². The maximum Gasteiger partial charge on any atom is 0.161 e. The molecule has 2 aromatic rings. The van der Waals surface area contributed by atoms with Crippen molar-refractivity contribution >= 4 is 0 Å². The molecule has 2 unspecified atom stereocenters. The van der Waals surface area contributed by atoms with Gasteiger partial charge in [-0.05, 0) is 48.7 Å². The van der Waals surface area contributed by atoms with Gasteiger partial charge in [0.05, 0.1) is 14.2 Å². The topological polar surface area (TPSA) is 30.5 Å². The molecule has 1 aliphatic heterocycles. The first-order valence-corrected chi connectivity index (χ1v) is 7.77. The van der Waals surface area contributed by atoms with E-state index in [0.717, 1.165) is 24.5 Å². The van der Waals surface area contributed by atoms with E-state index in [4.69, 9.17) is 9.47 Å². The van der Waals surface area contributed by atoms with Crippen LogP contribution in [0, 0.1) is 0 Å². The van der Waals surface area contributed by atoms with Crippen LogP contribution in [0.2, 0.25) is 0 Å². The summed E-state index contributed by atoms with van der Waals surface area (Å²) in [4.78, 5) is 0. The molecule has 1 heterocycles. The average Bonchev–Trinajstić information content (AvgIpc) is 2.72. The molecule has 0 saturated carbocycles. The Morgan fingerprint density at radius 1 is 1.00 bits per heavy atom. The van der Waals surface area contributed by atoms with Crippen molar-refractivity contribution in [2.75, 3.05) is 20.8 Å². The zero-order valence-electron chi connectivity index (χ0n) is 13.4. The van der Waals surface area contributed by atoms with Crippen LogP contribution in [-0.4, -0.2) is 26.8 Å². The molecule has 22 heavy (non-hydrogen) atoms. The van der Waals surface area contributed by atoms with Crippen LogP contribution in [0.25, 0.3) is 0 Å². The van der Waals surface area contributed by atoms with E-state index in [2.05, 4.69) is 54.7 Å². The van der Waals surface area contributed by atoms with Gasteiger partial charge in [0.2, 0.25) is 0 Å². The zero-order chi connectivity index (χ0) is 15.5. The number of hydrogen-bond donors (Lipinski definition) is 1. The number of methoxy groups -OCH3 is 2. The summed E-state index contributed by atoms with van der Waals surface area (Å²) in [6.07, 6.45) is 1.00. The smallest absolute Gasteiger partial charge is 0.161 e. The van der Waals surface area contributed by atoms with E-state index in [0.29, 0.717) is 12.0 Å². The minimum Gasteiger partial charge on any atom is -0.493 e. The zero-order valence-corrected chi connectivity index (χ0v) is 13.4. The van der Waals surface area contributed by atoms with E-state index in [1.54, 1.807) is 14.2 Å². The van der Waals surface area contributed by atoms with E-state index in [-0.39, 0.29) is 0 Å². The molecule has 3 nitrogen and oxygen atoms in total. The summed E-state index contributed by atoms with van der Waals surface area (Å²) < 4.78 is 11.0. The molecule has 116 valence electrons. The summed E-state index contributed by atoms with van der Waals surface area (Å²) in [6.45, 7) is 3.23. The molecule has 2 aromatic carbocycles. The second kappa shape index (κ2) is 6.41. The number of fused-ring (bicyclic) bond motifs is 1. The Morgan fingerprint density at radius 3 is 2.36 bits per heavy atom. The highest BCUT2D eigenvalue weighted by Crippen LogP contribution is 2.39. The number of ether oxygens (including phenoxy) is 2. The average molecular weight is 297 g/mol. The molecule has 0 radical (unpaired) electrons. The fourth-order valence-electron chi connectivity index (χ4n) is 3.39. The van der Waals surface area contributed by atoms with Crippen LogP contribution >= 0.6 is 0 Å². The van der Waals surface area contributed by atoms with Crippen LogP contribution in [0.3, 0.4) is 0 Å². The molecule has 0 bridgehead atoms. The Kier molecular flexibility index (Phi) is 4.34. The first-order chi connectivity index (χ1) is 10.7. The van der Waals surface area contributed by atoms with Gasteiger partial charge in [-0.25, -0.2) is 0 Å². The highest BCUT2D eigenvalue weighted by molar-refractivity contribution is 5.52. The molecule has 0 aliphatic carbocycles. The van der Waals surface area contributed by atoms with Crippen molar-refractivity contribution in [1.29, 1.82) is 0 Å². The number of rotatable bonds is 3. The van der Waals surface area contributed by atoms with Crippen molar-refractivity contribution in [3.05, 3.63) is 59.2 Å².